The highest BCUT2D eigenvalue weighted by atomic mass is 35.5. The normalized spacial score (nSPS) is 29.2. The van der Waals surface area contributed by atoms with E-state index >= 15 is 8.78 Å². The molecule has 7 rings (SSSR count). The molecule has 6 atom stereocenters. The summed E-state index contributed by atoms with van der Waals surface area (Å²) in [5.74, 6) is -22.3. The summed E-state index contributed by atoms with van der Waals surface area (Å²) < 4.78 is 78.8. The van der Waals surface area contributed by atoms with Gasteiger partial charge in [0, 0.05) is 11.5 Å². The molecule has 0 radical (unpaired) electrons. The Balaban J connectivity index is 1.46. The zero-order valence-corrected chi connectivity index (χ0v) is 26.7. The first-order valence-electron chi connectivity index (χ1n) is 15.1. The van der Waals surface area contributed by atoms with E-state index in [1.54, 1.807) is 43.3 Å². The number of fused-ring (bicyclic) bond motifs is 4. The molecule has 8 nitrogen and oxygen atoms in total. The number of amides is 4. The van der Waals surface area contributed by atoms with Crippen molar-refractivity contribution in [1.82, 2.24) is 0 Å². The summed E-state index contributed by atoms with van der Waals surface area (Å²) in [6, 6.07) is 12.2. The smallest absolute Gasteiger partial charge is 0.258 e. The molecule has 254 valence electrons. The fourth-order valence-corrected chi connectivity index (χ4v) is 8.71. The second-order valence-electron chi connectivity index (χ2n) is 12.2. The van der Waals surface area contributed by atoms with Crippen molar-refractivity contribution >= 4 is 58.2 Å². The number of anilines is 2. The molecule has 2 saturated heterocycles. The van der Waals surface area contributed by atoms with Crippen molar-refractivity contribution in [1.29, 1.82) is 0 Å². The summed E-state index contributed by atoms with van der Waals surface area (Å²) in [6.45, 7) is 1.71. The average Bonchev–Trinajstić information content (AvgIpc) is 3.43. The third-order valence-corrected chi connectivity index (χ3v) is 11.3. The summed E-state index contributed by atoms with van der Waals surface area (Å²) in [5, 5.41) is 11.4. The molecular formula is C34H23Cl2F5N2O6. The van der Waals surface area contributed by atoms with Crippen molar-refractivity contribution in [2.75, 3.05) is 16.4 Å². The Bertz CT molecular complexity index is 2000. The number of carbonyl (C=O) groups excluding carboxylic acids is 4. The molecule has 1 saturated carbocycles. The van der Waals surface area contributed by atoms with Gasteiger partial charge in [-0.3, -0.25) is 24.1 Å². The lowest BCUT2D eigenvalue weighted by Crippen LogP contribution is -2.60. The maximum Gasteiger partial charge on any atom is 0.258 e. The number of phenols is 1. The number of halogens is 7. The Hall–Kier alpha value is -4.49. The first-order valence-corrected chi connectivity index (χ1v) is 15.8. The van der Waals surface area contributed by atoms with E-state index in [0.717, 1.165) is 4.90 Å². The average molecular weight is 721 g/mol. The molecule has 2 aliphatic carbocycles. The number of benzene rings is 3. The Morgan fingerprint density at radius 1 is 0.816 bits per heavy atom. The lowest BCUT2D eigenvalue weighted by Gasteiger charge is -2.50. The minimum absolute atomic E-state index is 0.0431. The van der Waals surface area contributed by atoms with Gasteiger partial charge in [0.25, 0.3) is 11.8 Å². The number of alkyl halides is 2. The fraction of sp³-hybridized carbons (Fsp3) is 0.294. The van der Waals surface area contributed by atoms with Crippen molar-refractivity contribution in [3.05, 3.63) is 94.8 Å². The van der Waals surface area contributed by atoms with Crippen LogP contribution >= 0.6 is 23.2 Å². The summed E-state index contributed by atoms with van der Waals surface area (Å²) >= 11 is 14.2. The number of hydrogen-bond acceptors (Lipinski definition) is 6. The second-order valence-corrected chi connectivity index (χ2v) is 13.4. The van der Waals surface area contributed by atoms with Gasteiger partial charge in [-0.2, -0.15) is 0 Å². The Labute approximate surface area is 284 Å². The molecule has 1 N–H and O–H groups in total. The van der Waals surface area contributed by atoms with Crippen LogP contribution in [-0.4, -0.2) is 45.1 Å². The number of phenolic OH excluding ortho intramolecular Hbond substituents is 1. The topological polar surface area (TPSA) is 104 Å². The minimum Gasteiger partial charge on any atom is -0.504 e. The second kappa shape index (κ2) is 11.3. The van der Waals surface area contributed by atoms with Gasteiger partial charge in [-0.25, -0.2) is 26.9 Å². The van der Waals surface area contributed by atoms with E-state index in [4.69, 9.17) is 27.9 Å². The van der Waals surface area contributed by atoms with Crippen molar-refractivity contribution in [3.8, 4) is 11.5 Å². The van der Waals surface area contributed by atoms with Gasteiger partial charge in [-0.05, 0) is 43.9 Å². The van der Waals surface area contributed by atoms with Crippen molar-refractivity contribution < 1.29 is 51.0 Å². The zero-order chi connectivity index (χ0) is 35.3. The maximum atomic E-state index is 15.2. The Morgan fingerprint density at radius 3 is 2.08 bits per heavy atom. The van der Waals surface area contributed by atoms with Gasteiger partial charge in [-0.15, -0.1) is 23.2 Å². The summed E-state index contributed by atoms with van der Waals surface area (Å²) in [5.41, 5.74) is -1.55. The monoisotopic (exact) mass is 720 g/mol. The highest BCUT2D eigenvalue weighted by Crippen LogP contribution is 2.67. The first-order chi connectivity index (χ1) is 23.2. The third kappa shape index (κ3) is 4.21. The van der Waals surface area contributed by atoms with E-state index in [1.807, 2.05) is 0 Å². The molecule has 4 aliphatic rings. The largest absolute Gasteiger partial charge is 0.504 e. The lowest BCUT2D eigenvalue weighted by atomic mass is 9.56. The van der Waals surface area contributed by atoms with E-state index in [1.165, 1.54) is 18.2 Å². The van der Waals surface area contributed by atoms with Crippen LogP contribution in [-0.2, 0) is 19.2 Å². The van der Waals surface area contributed by atoms with Gasteiger partial charge >= 0.3 is 0 Å². The van der Waals surface area contributed by atoms with Crippen LogP contribution in [0.4, 0.5) is 33.3 Å². The summed E-state index contributed by atoms with van der Waals surface area (Å²) in [4.78, 5) is 51.7. The lowest BCUT2D eigenvalue weighted by molar-refractivity contribution is -0.125. The zero-order valence-electron chi connectivity index (χ0n) is 25.2. The molecule has 3 aromatic rings. The molecule has 0 unspecified atom stereocenters. The standard InChI is InChI=1S/C34H23Cl2F5N2O6/c1-2-49-19-10-6-9-17(28(19)44)21-15-11-12-16-20(30(46)42(29(16)45)14-7-4-3-5-8-14)18(15)13-33(35)31(47)43(32(48)34(21,33)36)27-25(40)23(38)22(37)24(39)26(27)41/h3-11,16,18,20-21,44H,2,12-13H2,1H3/t16-,18+,20-,21+,33+,34-/m0/s1. The molecule has 3 fully saturated rings. The molecule has 2 heterocycles. The van der Waals surface area contributed by atoms with Gasteiger partial charge < -0.3 is 9.84 Å². The molecule has 15 heteroatoms. The number of allylic oxidation sites excluding steroid dienone is 2. The van der Waals surface area contributed by atoms with E-state index < -0.39 is 104 Å². The number of imide groups is 2. The maximum absolute atomic E-state index is 15.2. The van der Waals surface area contributed by atoms with E-state index in [2.05, 4.69) is 0 Å². The van der Waals surface area contributed by atoms with Gasteiger partial charge in [0.2, 0.25) is 17.6 Å². The van der Waals surface area contributed by atoms with Crippen molar-refractivity contribution in [2.45, 2.75) is 35.4 Å². The van der Waals surface area contributed by atoms with Gasteiger partial charge in [-0.1, -0.05) is 42.0 Å². The Morgan fingerprint density at radius 2 is 1.45 bits per heavy atom. The molecule has 49 heavy (non-hydrogen) atoms. The van der Waals surface area contributed by atoms with Crippen LogP contribution in [0.3, 0.4) is 0 Å². The Kier molecular flexibility index (Phi) is 7.60. The highest BCUT2D eigenvalue weighted by Gasteiger charge is 2.77. The molecule has 3 aromatic carbocycles. The first kappa shape index (κ1) is 33.0. The number of nitrogens with zero attached hydrogens (tertiary/aromatic N) is 2. The molecule has 2 aliphatic heterocycles. The van der Waals surface area contributed by atoms with Gasteiger partial charge in [0.1, 0.15) is 5.69 Å². The summed E-state index contributed by atoms with van der Waals surface area (Å²) in [7, 11) is 0. The van der Waals surface area contributed by atoms with Crippen molar-refractivity contribution in [3.63, 3.8) is 0 Å². The van der Waals surface area contributed by atoms with Crippen LogP contribution < -0.4 is 14.5 Å². The molecule has 0 spiro atoms. The fourth-order valence-electron chi connectivity index (χ4n) is 7.79. The van der Waals surface area contributed by atoms with Crippen LogP contribution in [0.15, 0.2) is 60.2 Å². The predicted octanol–water partition coefficient (Wildman–Crippen LogP) is 6.25. The molecule has 0 aromatic heterocycles. The van der Waals surface area contributed by atoms with Crippen LogP contribution in [0, 0.1) is 46.8 Å². The van der Waals surface area contributed by atoms with E-state index in [0.29, 0.717) is 0 Å². The molecule has 4 amide bonds. The highest BCUT2D eigenvalue weighted by molar-refractivity contribution is 6.58. The number of aromatic hydroxyl groups is 1. The van der Waals surface area contributed by atoms with Crippen molar-refractivity contribution in [2.24, 2.45) is 17.8 Å². The molecular weight excluding hydrogens is 698 g/mol. The molecule has 0 bridgehead atoms. The van der Waals surface area contributed by atoms with Gasteiger partial charge in [0.05, 0.1) is 24.1 Å². The number of para-hydroxylation sites is 2. The van der Waals surface area contributed by atoms with Crippen LogP contribution in [0.1, 0.15) is 31.2 Å². The minimum atomic E-state index is -2.77. The van der Waals surface area contributed by atoms with Crippen LogP contribution in [0.5, 0.6) is 11.5 Å². The number of ether oxygens (including phenoxy) is 1. The van der Waals surface area contributed by atoms with Gasteiger partial charge in [0.15, 0.2) is 44.5 Å². The summed E-state index contributed by atoms with van der Waals surface area (Å²) in [6.07, 6.45) is 0.840. The quantitative estimate of drug-likeness (QED) is 0.0835. The number of carbonyl (C=O) groups is 4. The third-order valence-electron chi connectivity index (χ3n) is 9.88. The number of hydrogen-bond donors (Lipinski definition) is 1. The van der Waals surface area contributed by atoms with E-state index in [9.17, 15) is 37.5 Å². The number of rotatable bonds is 5. The van der Waals surface area contributed by atoms with Crippen LogP contribution in [0.2, 0.25) is 0 Å². The van der Waals surface area contributed by atoms with E-state index in [-0.39, 0.29) is 40.5 Å². The predicted molar refractivity (Wildman–Crippen MR) is 165 cm³/mol. The SMILES string of the molecule is CCOc1cccc([C@H]2C3=CC[C@@H]4C(=O)N(c5ccccc5)C(=O)[C@@H]4[C@@H]3C[C@@]3(Cl)C(=O)N(c4c(F)c(F)c(F)c(F)c4F)C(=O)[C@@]23Cl)c1O. The van der Waals surface area contributed by atoms with Crippen LogP contribution in [0.25, 0.3) is 0 Å².